The number of rotatable bonds is 7. The monoisotopic (exact) mass is 220 g/mol. The van der Waals surface area contributed by atoms with E-state index in [4.69, 9.17) is 4.74 Å². The van der Waals surface area contributed by atoms with Crippen molar-refractivity contribution in [3.05, 3.63) is 35.4 Å². The minimum absolute atomic E-state index is 0.300. The van der Waals surface area contributed by atoms with Gasteiger partial charge in [-0.2, -0.15) is 0 Å². The molecule has 16 heavy (non-hydrogen) atoms. The third-order valence-corrected chi connectivity index (χ3v) is 2.60. The van der Waals surface area contributed by atoms with Crippen LogP contribution in [0.25, 0.3) is 0 Å². The number of benzene rings is 1. The Hall–Kier alpha value is -1.15. The minimum atomic E-state index is 0.300. The number of hydrogen-bond acceptors (Lipinski definition) is 2. The number of carbonyl (C=O) groups excluding carboxylic acids is 1. The summed E-state index contributed by atoms with van der Waals surface area (Å²) >= 11 is 0. The molecule has 0 aromatic heterocycles. The molecular formula is C14H20O2. The molecular weight excluding hydrogens is 200 g/mol. The van der Waals surface area contributed by atoms with Crippen molar-refractivity contribution in [2.75, 3.05) is 13.2 Å². The molecule has 0 aliphatic heterocycles. The lowest BCUT2D eigenvalue weighted by molar-refractivity contribution is -0.118. The first-order valence-corrected chi connectivity index (χ1v) is 5.88. The first-order chi connectivity index (χ1) is 7.74. The molecule has 0 heterocycles. The van der Waals surface area contributed by atoms with Gasteiger partial charge in [-0.15, -0.1) is 0 Å². The third-order valence-electron chi connectivity index (χ3n) is 2.60. The maximum atomic E-state index is 11.7. The SMILES string of the molecule is CCOCCCC(=O)Cc1ccccc1C. The number of ketones is 1. The van der Waals surface area contributed by atoms with E-state index >= 15 is 0 Å². The van der Waals surface area contributed by atoms with Crippen molar-refractivity contribution in [2.24, 2.45) is 0 Å². The molecule has 1 aromatic carbocycles. The second-order valence-electron chi connectivity index (χ2n) is 3.94. The van der Waals surface area contributed by atoms with Gasteiger partial charge in [0.1, 0.15) is 5.78 Å². The van der Waals surface area contributed by atoms with E-state index in [0.717, 1.165) is 18.6 Å². The van der Waals surface area contributed by atoms with Gasteiger partial charge < -0.3 is 4.74 Å². The quantitative estimate of drug-likeness (QED) is 0.660. The Morgan fingerprint density at radius 1 is 1.31 bits per heavy atom. The molecule has 0 bridgehead atoms. The zero-order chi connectivity index (χ0) is 11.8. The summed E-state index contributed by atoms with van der Waals surface area (Å²) in [5.41, 5.74) is 2.34. The smallest absolute Gasteiger partial charge is 0.137 e. The van der Waals surface area contributed by atoms with Crippen LogP contribution in [0.5, 0.6) is 0 Å². The van der Waals surface area contributed by atoms with Crippen molar-refractivity contribution < 1.29 is 9.53 Å². The number of aryl methyl sites for hydroxylation is 1. The predicted molar refractivity (Wildman–Crippen MR) is 65.6 cm³/mol. The van der Waals surface area contributed by atoms with Crippen LogP contribution in [0.15, 0.2) is 24.3 Å². The van der Waals surface area contributed by atoms with Gasteiger partial charge >= 0.3 is 0 Å². The number of ether oxygens (including phenoxy) is 1. The molecule has 0 atom stereocenters. The first-order valence-electron chi connectivity index (χ1n) is 5.88. The Morgan fingerprint density at radius 2 is 2.06 bits per heavy atom. The van der Waals surface area contributed by atoms with Gasteiger partial charge in [0.05, 0.1) is 0 Å². The molecule has 2 heteroatoms. The van der Waals surface area contributed by atoms with Gasteiger partial charge in [0.25, 0.3) is 0 Å². The second kappa shape index (κ2) is 7.18. The molecule has 88 valence electrons. The van der Waals surface area contributed by atoms with Gasteiger partial charge in [0.2, 0.25) is 0 Å². The fourth-order valence-electron chi connectivity index (χ4n) is 1.62. The molecule has 0 saturated heterocycles. The molecule has 0 amide bonds. The summed E-state index contributed by atoms with van der Waals surface area (Å²) in [4.78, 5) is 11.7. The maximum Gasteiger partial charge on any atom is 0.137 e. The van der Waals surface area contributed by atoms with E-state index in [0.29, 0.717) is 25.2 Å². The summed E-state index contributed by atoms with van der Waals surface area (Å²) in [5, 5.41) is 0. The van der Waals surface area contributed by atoms with Crippen LogP contribution in [-0.4, -0.2) is 19.0 Å². The Morgan fingerprint density at radius 3 is 2.75 bits per heavy atom. The van der Waals surface area contributed by atoms with Crippen molar-refractivity contribution in [3.63, 3.8) is 0 Å². The highest BCUT2D eigenvalue weighted by molar-refractivity contribution is 5.81. The summed E-state index contributed by atoms with van der Waals surface area (Å²) in [6, 6.07) is 8.05. The van der Waals surface area contributed by atoms with E-state index in [-0.39, 0.29) is 0 Å². The van der Waals surface area contributed by atoms with Crippen molar-refractivity contribution in [1.82, 2.24) is 0 Å². The van der Waals surface area contributed by atoms with Crippen molar-refractivity contribution >= 4 is 5.78 Å². The average molecular weight is 220 g/mol. The lowest BCUT2D eigenvalue weighted by Crippen LogP contribution is -2.05. The fourth-order valence-corrected chi connectivity index (χ4v) is 1.62. The molecule has 0 unspecified atom stereocenters. The Kier molecular flexibility index (Phi) is 5.79. The van der Waals surface area contributed by atoms with Crippen molar-refractivity contribution in [1.29, 1.82) is 0 Å². The van der Waals surface area contributed by atoms with Crippen LogP contribution >= 0.6 is 0 Å². The normalized spacial score (nSPS) is 10.4. The maximum absolute atomic E-state index is 11.7. The number of hydrogen-bond donors (Lipinski definition) is 0. The van der Waals surface area contributed by atoms with Crippen molar-refractivity contribution in [3.8, 4) is 0 Å². The lowest BCUT2D eigenvalue weighted by Gasteiger charge is -2.04. The van der Waals surface area contributed by atoms with Crippen LogP contribution in [0.2, 0.25) is 0 Å². The zero-order valence-corrected chi connectivity index (χ0v) is 10.2. The van der Waals surface area contributed by atoms with Crippen LogP contribution in [0.4, 0.5) is 0 Å². The summed E-state index contributed by atoms with van der Waals surface area (Å²) in [5.74, 6) is 0.300. The van der Waals surface area contributed by atoms with E-state index < -0.39 is 0 Å². The van der Waals surface area contributed by atoms with Gasteiger partial charge in [-0.05, 0) is 31.4 Å². The summed E-state index contributed by atoms with van der Waals surface area (Å²) in [7, 11) is 0. The zero-order valence-electron chi connectivity index (χ0n) is 10.2. The van der Waals surface area contributed by atoms with Gasteiger partial charge in [-0.1, -0.05) is 24.3 Å². The van der Waals surface area contributed by atoms with Gasteiger partial charge in [0.15, 0.2) is 0 Å². The van der Waals surface area contributed by atoms with Crippen LogP contribution in [0, 0.1) is 6.92 Å². The number of carbonyl (C=O) groups is 1. The fraction of sp³-hybridized carbons (Fsp3) is 0.500. The van der Waals surface area contributed by atoms with Crippen LogP contribution in [0.1, 0.15) is 30.9 Å². The van der Waals surface area contributed by atoms with Crippen LogP contribution in [-0.2, 0) is 16.0 Å². The summed E-state index contributed by atoms with van der Waals surface area (Å²) < 4.78 is 5.21. The minimum Gasteiger partial charge on any atom is -0.382 e. The van der Waals surface area contributed by atoms with Crippen molar-refractivity contribution in [2.45, 2.75) is 33.1 Å². The molecule has 0 fully saturated rings. The predicted octanol–water partition coefficient (Wildman–Crippen LogP) is 2.92. The average Bonchev–Trinajstić information content (AvgIpc) is 2.28. The summed E-state index contributed by atoms with van der Waals surface area (Å²) in [6.45, 7) is 5.43. The van der Waals surface area contributed by atoms with E-state index in [1.165, 1.54) is 5.56 Å². The Balaban J connectivity index is 2.32. The molecule has 0 spiro atoms. The molecule has 0 aliphatic carbocycles. The Labute approximate surface area is 97.6 Å². The second-order valence-corrected chi connectivity index (χ2v) is 3.94. The highest BCUT2D eigenvalue weighted by Gasteiger charge is 2.05. The molecule has 1 aromatic rings. The third kappa shape index (κ3) is 4.58. The van der Waals surface area contributed by atoms with Gasteiger partial charge in [0, 0.05) is 26.1 Å². The highest BCUT2D eigenvalue weighted by atomic mass is 16.5. The molecule has 1 rings (SSSR count). The van der Waals surface area contributed by atoms with E-state index in [1.807, 2.05) is 38.1 Å². The standard InChI is InChI=1S/C14H20O2/c1-3-16-10-6-9-14(15)11-13-8-5-4-7-12(13)2/h4-5,7-8H,3,6,9-11H2,1-2H3. The lowest BCUT2D eigenvalue weighted by atomic mass is 10.0. The van der Waals surface area contributed by atoms with E-state index in [2.05, 4.69) is 0 Å². The van der Waals surface area contributed by atoms with Crippen LogP contribution < -0.4 is 0 Å². The van der Waals surface area contributed by atoms with E-state index in [1.54, 1.807) is 0 Å². The first kappa shape index (κ1) is 12.9. The highest BCUT2D eigenvalue weighted by Crippen LogP contribution is 2.09. The van der Waals surface area contributed by atoms with Crippen LogP contribution in [0.3, 0.4) is 0 Å². The van der Waals surface area contributed by atoms with Gasteiger partial charge in [-0.3, -0.25) is 4.79 Å². The van der Waals surface area contributed by atoms with E-state index in [9.17, 15) is 4.79 Å². The summed E-state index contributed by atoms with van der Waals surface area (Å²) in [6.07, 6.45) is 2.01. The number of Topliss-reactive ketones (excluding diaryl/α,β-unsaturated/α-hetero) is 1. The topological polar surface area (TPSA) is 26.3 Å². The molecule has 0 N–H and O–H groups in total. The Bertz CT molecular complexity index is 331. The molecule has 0 saturated carbocycles. The van der Waals surface area contributed by atoms with Gasteiger partial charge in [-0.25, -0.2) is 0 Å². The molecule has 2 nitrogen and oxygen atoms in total. The molecule has 0 radical (unpaired) electrons. The largest absolute Gasteiger partial charge is 0.382 e. The molecule has 0 aliphatic rings.